The van der Waals surface area contributed by atoms with Crippen LogP contribution in [-0.4, -0.2) is 12.6 Å². The van der Waals surface area contributed by atoms with Gasteiger partial charge < -0.3 is 4.90 Å². The van der Waals surface area contributed by atoms with E-state index in [1.165, 1.54) is 0 Å². The summed E-state index contributed by atoms with van der Waals surface area (Å²) < 4.78 is 14.6. The molecule has 0 heterocycles. The first-order chi connectivity index (χ1) is 9.02. The van der Waals surface area contributed by atoms with Gasteiger partial charge >= 0.3 is 0 Å². The van der Waals surface area contributed by atoms with E-state index < -0.39 is 0 Å². The third-order valence-electron chi connectivity index (χ3n) is 3.12. The molecule has 0 aliphatic heterocycles. The summed E-state index contributed by atoms with van der Waals surface area (Å²) in [5.74, 6) is -0.343. The Kier molecular flexibility index (Phi) is 6.30. The largest absolute Gasteiger partial charge is 0.367 e. The van der Waals surface area contributed by atoms with Gasteiger partial charge in [-0.15, -0.1) is 0 Å². The second-order valence-corrected chi connectivity index (χ2v) is 5.66. The zero-order valence-electron chi connectivity index (χ0n) is 11.7. The van der Waals surface area contributed by atoms with Crippen LogP contribution < -0.4 is 4.90 Å². The van der Waals surface area contributed by atoms with E-state index in [0.717, 1.165) is 25.8 Å². The second-order valence-electron chi connectivity index (χ2n) is 4.87. The Hall–Kier alpha value is -1.08. The summed E-state index contributed by atoms with van der Waals surface area (Å²) in [4.78, 5) is 2.05. The number of hydrogen-bond acceptors (Lipinski definition) is 2. The Morgan fingerprint density at radius 3 is 2.58 bits per heavy atom. The molecular weight excluding hydrogens is 307 g/mol. The number of anilines is 1. The highest BCUT2D eigenvalue weighted by atomic mass is 79.9. The van der Waals surface area contributed by atoms with E-state index in [9.17, 15) is 4.39 Å². The van der Waals surface area contributed by atoms with E-state index >= 15 is 0 Å². The number of hydrogen-bond donors (Lipinski definition) is 0. The van der Waals surface area contributed by atoms with E-state index in [0.29, 0.717) is 11.3 Å². The fraction of sp³-hybridized carbons (Fsp3) is 0.533. The first kappa shape index (κ1) is 16.0. The number of nitriles is 1. The molecule has 0 spiro atoms. The number of nitrogens with zero attached hydrogens (tertiary/aromatic N) is 2. The third kappa shape index (κ3) is 3.94. The zero-order valence-corrected chi connectivity index (χ0v) is 13.3. The van der Waals surface area contributed by atoms with Gasteiger partial charge in [-0.25, -0.2) is 4.39 Å². The lowest BCUT2D eigenvalue weighted by Gasteiger charge is -2.29. The van der Waals surface area contributed by atoms with Gasteiger partial charge in [0, 0.05) is 12.6 Å². The summed E-state index contributed by atoms with van der Waals surface area (Å²) >= 11 is 3.17. The van der Waals surface area contributed by atoms with Crippen LogP contribution >= 0.6 is 15.9 Å². The Morgan fingerprint density at radius 1 is 1.37 bits per heavy atom. The number of unbranched alkanes of at least 4 members (excludes halogenated alkanes) is 2. The molecule has 0 bridgehead atoms. The molecule has 0 aliphatic rings. The van der Waals surface area contributed by atoms with Crippen molar-refractivity contribution >= 4 is 21.6 Å². The molecule has 0 aliphatic carbocycles. The maximum Gasteiger partial charge on any atom is 0.161 e. The van der Waals surface area contributed by atoms with Gasteiger partial charge in [0.15, 0.2) is 5.82 Å². The van der Waals surface area contributed by atoms with Crippen molar-refractivity contribution in [1.29, 1.82) is 5.26 Å². The highest BCUT2D eigenvalue weighted by Gasteiger charge is 2.18. The Balaban J connectivity index is 3.03. The number of benzene rings is 1. The molecule has 4 heteroatoms. The molecule has 2 nitrogen and oxygen atoms in total. The predicted octanol–water partition coefficient (Wildman–Crippen LogP) is 4.86. The Bertz CT molecular complexity index is 466. The van der Waals surface area contributed by atoms with Crippen LogP contribution in [0.4, 0.5) is 10.1 Å². The standard InChI is InChI=1S/C15H20BrFN2/c1-4-5-6-9-19(11(2)3)13-8-7-12(10-18)14(16)15(13)17/h7-8,11H,4-6,9H2,1-3H3. The van der Waals surface area contributed by atoms with Gasteiger partial charge in [0.1, 0.15) is 6.07 Å². The molecule has 0 amide bonds. The van der Waals surface area contributed by atoms with Gasteiger partial charge in [-0.05, 0) is 48.3 Å². The maximum atomic E-state index is 14.3. The summed E-state index contributed by atoms with van der Waals surface area (Å²) in [6.07, 6.45) is 3.33. The van der Waals surface area contributed by atoms with Crippen molar-refractivity contribution in [3.05, 3.63) is 28.0 Å². The van der Waals surface area contributed by atoms with E-state index in [-0.39, 0.29) is 16.3 Å². The van der Waals surface area contributed by atoms with Gasteiger partial charge in [-0.3, -0.25) is 0 Å². The van der Waals surface area contributed by atoms with Crippen molar-refractivity contribution in [1.82, 2.24) is 0 Å². The monoisotopic (exact) mass is 326 g/mol. The van der Waals surface area contributed by atoms with Gasteiger partial charge in [0.05, 0.1) is 15.7 Å². The summed E-state index contributed by atoms with van der Waals surface area (Å²) in [6.45, 7) is 7.09. The molecule has 1 aromatic carbocycles. The van der Waals surface area contributed by atoms with Crippen LogP contribution in [0.2, 0.25) is 0 Å². The molecule has 0 fully saturated rings. The Morgan fingerprint density at radius 2 is 2.05 bits per heavy atom. The molecule has 0 unspecified atom stereocenters. The third-order valence-corrected chi connectivity index (χ3v) is 3.89. The molecule has 1 aromatic rings. The lowest BCUT2D eigenvalue weighted by Crippen LogP contribution is -2.32. The minimum absolute atomic E-state index is 0.228. The summed E-state index contributed by atoms with van der Waals surface area (Å²) in [6, 6.07) is 5.57. The van der Waals surface area contributed by atoms with Crippen LogP contribution in [0.3, 0.4) is 0 Å². The molecule has 0 aromatic heterocycles. The molecule has 0 N–H and O–H groups in total. The molecule has 0 saturated heterocycles. The summed E-state index contributed by atoms with van der Waals surface area (Å²) in [5, 5.41) is 8.89. The first-order valence-corrected chi connectivity index (χ1v) is 7.47. The van der Waals surface area contributed by atoms with Crippen LogP contribution in [0.15, 0.2) is 16.6 Å². The minimum atomic E-state index is -0.343. The molecule has 1 rings (SSSR count). The zero-order chi connectivity index (χ0) is 14.4. The van der Waals surface area contributed by atoms with E-state index in [1.54, 1.807) is 12.1 Å². The van der Waals surface area contributed by atoms with Crippen LogP contribution in [0, 0.1) is 17.1 Å². The van der Waals surface area contributed by atoms with Crippen LogP contribution in [0.1, 0.15) is 45.6 Å². The van der Waals surface area contributed by atoms with Crippen LogP contribution in [0.5, 0.6) is 0 Å². The summed E-state index contributed by atoms with van der Waals surface area (Å²) in [7, 11) is 0. The molecule has 19 heavy (non-hydrogen) atoms. The molecule has 0 radical (unpaired) electrons. The fourth-order valence-corrected chi connectivity index (χ4v) is 2.46. The van der Waals surface area contributed by atoms with Gasteiger partial charge in [-0.2, -0.15) is 5.26 Å². The van der Waals surface area contributed by atoms with Crippen LogP contribution in [-0.2, 0) is 0 Å². The average Bonchev–Trinajstić information content (AvgIpc) is 2.38. The average molecular weight is 327 g/mol. The second kappa shape index (κ2) is 7.49. The molecule has 0 saturated carbocycles. The lowest BCUT2D eigenvalue weighted by molar-refractivity contribution is 0.579. The van der Waals surface area contributed by atoms with Crippen LogP contribution in [0.25, 0.3) is 0 Å². The van der Waals surface area contributed by atoms with E-state index in [1.807, 2.05) is 6.07 Å². The number of rotatable bonds is 6. The van der Waals surface area contributed by atoms with Crippen molar-refractivity contribution in [3.8, 4) is 6.07 Å². The normalized spacial score (nSPS) is 10.6. The lowest BCUT2D eigenvalue weighted by atomic mass is 10.1. The predicted molar refractivity (Wildman–Crippen MR) is 80.8 cm³/mol. The van der Waals surface area contributed by atoms with E-state index in [2.05, 4.69) is 41.6 Å². The van der Waals surface area contributed by atoms with E-state index in [4.69, 9.17) is 5.26 Å². The fourth-order valence-electron chi connectivity index (χ4n) is 2.04. The van der Waals surface area contributed by atoms with Crippen molar-refractivity contribution in [2.24, 2.45) is 0 Å². The maximum absolute atomic E-state index is 14.3. The minimum Gasteiger partial charge on any atom is -0.367 e. The Labute approximate surface area is 123 Å². The van der Waals surface area contributed by atoms with Gasteiger partial charge in [0.2, 0.25) is 0 Å². The highest BCUT2D eigenvalue weighted by molar-refractivity contribution is 9.10. The smallest absolute Gasteiger partial charge is 0.161 e. The quantitative estimate of drug-likeness (QED) is 0.697. The first-order valence-electron chi connectivity index (χ1n) is 6.67. The molecule has 104 valence electrons. The van der Waals surface area contributed by atoms with Crippen molar-refractivity contribution in [3.63, 3.8) is 0 Å². The highest BCUT2D eigenvalue weighted by Crippen LogP contribution is 2.30. The number of halogens is 2. The van der Waals surface area contributed by atoms with Gasteiger partial charge in [-0.1, -0.05) is 19.8 Å². The SMILES string of the molecule is CCCCCN(c1ccc(C#N)c(Br)c1F)C(C)C. The van der Waals surface area contributed by atoms with Crippen molar-refractivity contribution < 1.29 is 4.39 Å². The molecular formula is C15H20BrFN2. The topological polar surface area (TPSA) is 27.0 Å². The van der Waals surface area contributed by atoms with Gasteiger partial charge in [0.25, 0.3) is 0 Å². The van der Waals surface area contributed by atoms with Crippen molar-refractivity contribution in [2.75, 3.05) is 11.4 Å². The van der Waals surface area contributed by atoms with Crippen molar-refractivity contribution in [2.45, 2.75) is 46.1 Å². The molecule has 0 atom stereocenters. The summed E-state index contributed by atoms with van der Waals surface area (Å²) in [5.41, 5.74) is 0.899.